The van der Waals surface area contributed by atoms with Crippen LogP contribution in [0.3, 0.4) is 0 Å². The van der Waals surface area contributed by atoms with Crippen LogP contribution in [-0.2, 0) is 0 Å². The number of hydrogen-bond acceptors (Lipinski definition) is 3. The van der Waals surface area contributed by atoms with Crippen molar-refractivity contribution < 1.29 is 4.79 Å². The van der Waals surface area contributed by atoms with Crippen molar-refractivity contribution in [2.75, 3.05) is 5.32 Å². The second-order valence-electron chi connectivity index (χ2n) is 5.49. The fraction of sp³-hybridized carbons (Fsp3) is 0.0556. The number of rotatable bonds is 3. The second kappa shape index (κ2) is 5.66. The molecule has 0 spiro atoms. The zero-order chi connectivity index (χ0) is 16.5. The number of aryl methyl sites for hydroxylation is 1. The van der Waals surface area contributed by atoms with E-state index < -0.39 is 0 Å². The van der Waals surface area contributed by atoms with Gasteiger partial charge in [0.1, 0.15) is 5.82 Å². The molecule has 0 aliphatic carbocycles. The van der Waals surface area contributed by atoms with Crippen molar-refractivity contribution in [3.8, 4) is 5.69 Å². The average molecular weight is 317 g/mol. The zero-order valence-corrected chi connectivity index (χ0v) is 13.0. The number of amides is 1. The molecular weight excluding hydrogens is 302 g/mol. The summed E-state index contributed by atoms with van der Waals surface area (Å²) >= 11 is 0. The summed E-state index contributed by atoms with van der Waals surface area (Å²) in [7, 11) is 0. The number of nitrogens with one attached hydrogen (secondary N) is 2. The van der Waals surface area contributed by atoms with Gasteiger partial charge in [0.15, 0.2) is 5.69 Å². The molecule has 0 fully saturated rings. The highest BCUT2D eigenvalue weighted by Crippen LogP contribution is 2.18. The molecule has 0 aliphatic rings. The van der Waals surface area contributed by atoms with Crippen molar-refractivity contribution in [3.05, 3.63) is 72.3 Å². The lowest BCUT2D eigenvalue weighted by atomic mass is 10.2. The number of nitrogens with zero attached hydrogens (tertiary/aromatic N) is 3. The molecule has 0 aliphatic heterocycles. The molecule has 2 aromatic heterocycles. The highest BCUT2D eigenvalue weighted by molar-refractivity contribution is 6.03. The molecule has 6 nitrogen and oxygen atoms in total. The first-order valence-corrected chi connectivity index (χ1v) is 7.58. The maximum atomic E-state index is 12.4. The largest absolute Gasteiger partial charge is 0.342 e. The summed E-state index contributed by atoms with van der Waals surface area (Å²) in [5, 5.41) is 7.19. The van der Waals surface area contributed by atoms with Gasteiger partial charge in [0.05, 0.1) is 16.7 Å². The summed E-state index contributed by atoms with van der Waals surface area (Å²) in [6, 6.07) is 16.9. The van der Waals surface area contributed by atoms with Crippen LogP contribution in [0.2, 0.25) is 0 Å². The first-order chi connectivity index (χ1) is 11.7. The third kappa shape index (κ3) is 2.65. The minimum Gasteiger partial charge on any atom is -0.342 e. The summed E-state index contributed by atoms with van der Waals surface area (Å²) in [6.07, 6.45) is 1.77. The van der Waals surface area contributed by atoms with E-state index in [0.717, 1.165) is 22.5 Å². The van der Waals surface area contributed by atoms with E-state index in [1.54, 1.807) is 16.9 Å². The van der Waals surface area contributed by atoms with E-state index in [4.69, 9.17) is 0 Å². The SMILES string of the molecule is Cc1nc2ccc(NC(=O)c3ccn(-c4ccccc4)n3)cc2[nH]1. The number of hydrogen-bond donors (Lipinski definition) is 2. The highest BCUT2D eigenvalue weighted by Gasteiger charge is 2.11. The zero-order valence-electron chi connectivity index (χ0n) is 13.0. The Bertz CT molecular complexity index is 1020. The van der Waals surface area contributed by atoms with Gasteiger partial charge in [0.25, 0.3) is 5.91 Å². The van der Waals surface area contributed by atoms with Gasteiger partial charge in [0, 0.05) is 11.9 Å². The van der Waals surface area contributed by atoms with Crippen molar-refractivity contribution in [2.24, 2.45) is 0 Å². The van der Waals surface area contributed by atoms with Crippen LogP contribution in [0.5, 0.6) is 0 Å². The van der Waals surface area contributed by atoms with E-state index in [1.807, 2.05) is 55.5 Å². The molecule has 1 amide bonds. The van der Waals surface area contributed by atoms with E-state index in [-0.39, 0.29) is 5.91 Å². The summed E-state index contributed by atoms with van der Waals surface area (Å²) in [4.78, 5) is 19.9. The van der Waals surface area contributed by atoms with Crippen molar-refractivity contribution in [1.82, 2.24) is 19.7 Å². The minimum absolute atomic E-state index is 0.250. The monoisotopic (exact) mass is 317 g/mol. The third-order valence-electron chi connectivity index (χ3n) is 3.70. The lowest BCUT2D eigenvalue weighted by molar-refractivity contribution is 0.102. The molecule has 2 N–H and O–H groups in total. The molecule has 4 rings (SSSR count). The Morgan fingerprint density at radius 1 is 1.12 bits per heavy atom. The Morgan fingerprint density at radius 2 is 1.96 bits per heavy atom. The van der Waals surface area contributed by atoms with Gasteiger partial charge >= 0.3 is 0 Å². The van der Waals surface area contributed by atoms with Crippen LogP contribution in [0, 0.1) is 6.92 Å². The van der Waals surface area contributed by atoms with Gasteiger partial charge in [-0.05, 0) is 43.3 Å². The number of benzene rings is 2. The predicted octanol–water partition coefficient (Wildman–Crippen LogP) is 3.31. The number of fused-ring (bicyclic) bond motifs is 1. The van der Waals surface area contributed by atoms with Crippen molar-refractivity contribution >= 4 is 22.6 Å². The molecular formula is C18H15N5O. The van der Waals surface area contributed by atoms with Gasteiger partial charge < -0.3 is 10.3 Å². The van der Waals surface area contributed by atoms with Gasteiger partial charge in [0.2, 0.25) is 0 Å². The number of para-hydroxylation sites is 1. The Hall–Kier alpha value is -3.41. The van der Waals surface area contributed by atoms with Crippen molar-refractivity contribution in [2.45, 2.75) is 6.92 Å². The van der Waals surface area contributed by atoms with Gasteiger partial charge in [-0.3, -0.25) is 4.79 Å². The number of carbonyl (C=O) groups is 1. The normalized spacial score (nSPS) is 10.9. The molecule has 2 aromatic carbocycles. The van der Waals surface area contributed by atoms with Gasteiger partial charge in [-0.25, -0.2) is 9.67 Å². The number of carbonyl (C=O) groups excluding carboxylic acids is 1. The highest BCUT2D eigenvalue weighted by atomic mass is 16.1. The van der Waals surface area contributed by atoms with E-state index in [9.17, 15) is 4.79 Å². The molecule has 0 saturated heterocycles. The quantitative estimate of drug-likeness (QED) is 0.608. The van der Waals surface area contributed by atoms with Crippen LogP contribution in [-0.4, -0.2) is 25.7 Å². The third-order valence-corrected chi connectivity index (χ3v) is 3.70. The number of anilines is 1. The van der Waals surface area contributed by atoms with E-state index in [0.29, 0.717) is 11.4 Å². The molecule has 118 valence electrons. The van der Waals surface area contributed by atoms with Crippen LogP contribution < -0.4 is 5.32 Å². The second-order valence-corrected chi connectivity index (χ2v) is 5.49. The molecule has 0 atom stereocenters. The van der Waals surface area contributed by atoms with Crippen molar-refractivity contribution in [3.63, 3.8) is 0 Å². The molecule has 24 heavy (non-hydrogen) atoms. The number of aromatic nitrogens is 4. The van der Waals surface area contributed by atoms with Crippen molar-refractivity contribution in [1.29, 1.82) is 0 Å². The first-order valence-electron chi connectivity index (χ1n) is 7.58. The first kappa shape index (κ1) is 14.2. The minimum atomic E-state index is -0.250. The molecule has 0 radical (unpaired) electrons. The molecule has 0 bridgehead atoms. The molecule has 6 heteroatoms. The average Bonchev–Trinajstić information content (AvgIpc) is 3.21. The molecule has 0 unspecified atom stereocenters. The number of H-pyrrole nitrogens is 1. The number of aromatic amines is 1. The van der Waals surface area contributed by atoms with Gasteiger partial charge in [-0.2, -0.15) is 5.10 Å². The molecule has 2 heterocycles. The Labute approximate surface area is 138 Å². The van der Waals surface area contributed by atoms with Gasteiger partial charge in [-0.15, -0.1) is 0 Å². The summed E-state index contributed by atoms with van der Waals surface area (Å²) in [5.74, 6) is 0.593. The summed E-state index contributed by atoms with van der Waals surface area (Å²) in [5.41, 5.74) is 3.73. The maximum absolute atomic E-state index is 12.4. The van der Waals surface area contributed by atoms with Crippen LogP contribution in [0.4, 0.5) is 5.69 Å². The Morgan fingerprint density at radius 3 is 2.79 bits per heavy atom. The Balaban J connectivity index is 1.56. The van der Waals surface area contributed by atoms with Crippen LogP contribution in [0.15, 0.2) is 60.8 Å². The van der Waals surface area contributed by atoms with E-state index >= 15 is 0 Å². The fourth-order valence-corrected chi connectivity index (χ4v) is 2.58. The smallest absolute Gasteiger partial charge is 0.276 e. The molecule has 4 aromatic rings. The van der Waals surface area contributed by atoms with Gasteiger partial charge in [-0.1, -0.05) is 18.2 Å². The van der Waals surface area contributed by atoms with Crippen LogP contribution >= 0.6 is 0 Å². The van der Waals surface area contributed by atoms with Crippen LogP contribution in [0.25, 0.3) is 16.7 Å². The lowest BCUT2D eigenvalue weighted by Crippen LogP contribution is -2.13. The Kier molecular flexibility index (Phi) is 3.35. The van der Waals surface area contributed by atoms with E-state index in [2.05, 4.69) is 20.4 Å². The summed E-state index contributed by atoms with van der Waals surface area (Å²) < 4.78 is 1.68. The maximum Gasteiger partial charge on any atom is 0.276 e. The lowest BCUT2D eigenvalue weighted by Gasteiger charge is -2.03. The number of imidazole rings is 1. The molecule has 0 saturated carbocycles. The topological polar surface area (TPSA) is 75.6 Å². The predicted molar refractivity (Wildman–Crippen MR) is 92.3 cm³/mol. The fourth-order valence-electron chi connectivity index (χ4n) is 2.58. The summed E-state index contributed by atoms with van der Waals surface area (Å²) in [6.45, 7) is 1.90. The standard InChI is InChI=1S/C18H15N5O/c1-12-19-15-8-7-13(11-17(15)20-12)21-18(24)16-9-10-23(22-16)14-5-3-2-4-6-14/h2-11H,1H3,(H,19,20)(H,21,24). The van der Waals surface area contributed by atoms with E-state index in [1.165, 1.54) is 0 Å². The van der Waals surface area contributed by atoms with Crippen LogP contribution in [0.1, 0.15) is 16.3 Å².